The molecule has 1 saturated heterocycles. The van der Waals surface area contributed by atoms with Gasteiger partial charge in [-0.25, -0.2) is 0 Å². The van der Waals surface area contributed by atoms with Gasteiger partial charge in [0.2, 0.25) is 0 Å². The molecule has 0 bridgehead atoms. The van der Waals surface area contributed by atoms with Crippen molar-refractivity contribution in [1.82, 2.24) is 0 Å². The summed E-state index contributed by atoms with van der Waals surface area (Å²) in [5.41, 5.74) is 6.60. The highest BCUT2D eigenvalue weighted by molar-refractivity contribution is 4.92. The molecule has 1 aliphatic carbocycles. The number of ether oxygens (including phenoxy) is 1. The summed E-state index contributed by atoms with van der Waals surface area (Å²) in [5.74, 6) is 0.716. The van der Waals surface area contributed by atoms with Crippen LogP contribution in [-0.4, -0.2) is 18.2 Å². The minimum Gasteiger partial charge on any atom is -0.375 e. The average Bonchev–Trinajstić information content (AvgIpc) is 2.37. The molecule has 2 unspecified atom stereocenters. The first-order valence-electron chi connectivity index (χ1n) is 7.65. The molecule has 0 amide bonds. The first-order chi connectivity index (χ1) is 8.26. The highest BCUT2D eigenvalue weighted by atomic mass is 16.5. The van der Waals surface area contributed by atoms with Crippen LogP contribution in [0.3, 0.4) is 0 Å². The van der Waals surface area contributed by atoms with Crippen LogP contribution in [0, 0.1) is 5.92 Å². The van der Waals surface area contributed by atoms with Crippen LogP contribution in [0.4, 0.5) is 0 Å². The molecule has 2 atom stereocenters. The maximum Gasteiger partial charge on any atom is 0.0685 e. The largest absolute Gasteiger partial charge is 0.375 e. The van der Waals surface area contributed by atoms with Gasteiger partial charge in [0.1, 0.15) is 0 Å². The molecule has 1 spiro atoms. The van der Waals surface area contributed by atoms with Gasteiger partial charge in [0.25, 0.3) is 0 Å². The fraction of sp³-hybridized carbons (Fsp3) is 1.00. The van der Waals surface area contributed by atoms with Crippen LogP contribution in [0.5, 0.6) is 0 Å². The Morgan fingerprint density at radius 2 is 2.06 bits per heavy atom. The summed E-state index contributed by atoms with van der Waals surface area (Å²) in [6.07, 6.45) is 12.9. The third-order valence-electron chi connectivity index (χ3n) is 4.79. The van der Waals surface area contributed by atoms with Crippen molar-refractivity contribution >= 4 is 0 Å². The number of hydrogen-bond acceptors (Lipinski definition) is 2. The van der Waals surface area contributed by atoms with E-state index in [2.05, 4.69) is 6.92 Å². The quantitative estimate of drug-likeness (QED) is 0.813. The molecule has 1 heterocycles. The van der Waals surface area contributed by atoms with Crippen LogP contribution >= 0.6 is 0 Å². The van der Waals surface area contributed by atoms with Gasteiger partial charge < -0.3 is 10.5 Å². The van der Waals surface area contributed by atoms with Gasteiger partial charge in [-0.15, -0.1) is 0 Å². The summed E-state index contributed by atoms with van der Waals surface area (Å²) < 4.78 is 6.14. The lowest BCUT2D eigenvalue weighted by Gasteiger charge is -2.45. The molecule has 1 saturated carbocycles. The second kappa shape index (κ2) is 6.19. The smallest absolute Gasteiger partial charge is 0.0685 e. The van der Waals surface area contributed by atoms with Crippen molar-refractivity contribution in [2.75, 3.05) is 6.61 Å². The molecule has 2 nitrogen and oxygen atoms in total. The first-order valence-corrected chi connectivity index (χ1v) is 7.65. The minimum absolute atomic E-state index is 0.227. The van der Waals surface area contributed by atoms with Gasteiger partial charge in [0, 0.05) is 12.6 Å². The lowest BCUT2D eigenvalue weighted by molar-refractivity contribution is -0.120. The topological polar surface area (TPSA) is 35.2 Å². The molecule has 100 valence electrons. The predicted molar refractivity (Wildman–Crippen MR) is 72.0 cm³/mol. The van der Waals surface area contributed by atoms with E-state index in [0.29, 0.717) is 12.0 Å². The van der Waals surface area contributed by atoms with Gasteiger partial charge in [0.05, 0.1) is 5.60 Å². The molecular formula is C15H29NO. The normalized spacial score (nSPS) is 30.4. The number of unbranched alkanes of at least 4 members (excludes halogenated alkanes) is 1. The zero-order valence-electron chi connectivity index (χ0n) is 11.4. The molecular weight excluding hydrogens is 210 g/mol. The Morgan fingerprint density at radius 1 is 1.29 bits per heavy atom. The summed E-state index contributed by atoms with van der Waals surface area (Å²) in [6, 6.07) is 0.414. The zero-order valence-corrected chi connectivity index (χ0v) is 11.4. The lowest BCUT2D eigenvalue weighted by Crippen LogP contribution is -2.46. The van der Waals surface area contributed by atoms with Crippen molar-refractivity contribution in [2.45, 2.75) is 82.8 Å². The van der Waals surface area contributed by atoms with E-state index in [-0.39, 0.29) is 5.60 Å². The molecule has 2 heteroatoms. The highest BCUT2D eigenvalue weighted by Gasteiger charge is 2.39. The maximum atomic E-state index is 6.37. The highest BCUT2D eigenvalue weighted by Crippen LogP contribution is 2.41. The van der Waals surface area contributed by atoms with Crippen molar-refractivity contribution in [2.24, 2.45) is 11.7 Å². The summed E-state index contributed by atoms with van der Waals surface area (Å²) in [5, 5.41) is 0. The summed E-state index contributed by atoms with van der Waals surface area (Å²) in [6.45, 7) is 3.20. The van der Waals surface area contributed by atoms with Crippen molar-refractivity contribution in [1.29, 1.82) is 0 Å². The van der Waals surface area contributed by atoms with E-state index < -0.39 is 0 Å². The van der Waals surface area contributed by atoms with E-state index in [1.54, 1.807) is 0 Å². The summed E-state index contributed by atoms with van der Waals surface area (Å²) in [4.78, 5) is 0. The zero-order chi connectivity index (χ0) is 12.1. The molecule has 0 aromatic heterocycles. The van der Waals surface area contributed by atoms with Gasteiger partial charge in [0.15, 0.2) is 0 Å². The van der Waals surface area contributed by atoms with Crippen molar-refractivity contribution in [3.05, 3.63) is 0 Å². The van der Waals surface area contributed by atoms with Crippen LogP contribution in [0.25, 0.3) is 0 Å². The van der Waals surface area contributed by atoms with E-state index in [1.165, 1.54) is 64.2 Å². The number of nitrogens with two attached hydrogens (primary N) is 1. The standard InChI is InChI=1S/C15H29NO/c1-2-3-7-14(16)13-8-11-17-15(12-13)9-5-4-6-10-15/h13-14H,2-12,16H2,1H3. The Labute approximate surface area is 106 Å². The van der Waals surface area contributed by atoms with Gasteiger partial charge >= 0.3 is 0 Å². The molecule has 2 fully saturated rings. The molecule has 0 radical (unpaired) electrons. The van der Waals surface area contributed by atoms with Crippen molar-refractivity contribution < 1.29 is 4.74 Å². The monoisotopic (exact) mass is 239 g/mol. The van der Waals surface area contributed by atoms with Crippen LogP contribution < -0.4 is 5.73 Å². The van der Waals surface area contributed by atoms with Crippen LogP contribution in [0.1, 0.15) is 71.1 Å². The minimum atomic E-state index is 0.227. The molecule has 2 N–H and O–H groups in total. The third kappa shape index (κ3) is 3.45. The third-order valence-corrected chi connectivity index (χ3v) is 4.79. The average molecular weight is 239 g/mol. The van der Waals surface area contributed by atoms with Gasteiger partial charge in [-0.2, -0.15) is 0 Å². The first kappa shape index (κ1) is 13.4. The van der Waals surface area contributed by atoms with Gasteiger partial charge in [-0.05, 0) is 38.0 Å². The Kier molecular flexibility index (Phi) is 4.87. The van der Waals surface area contributed by atoms with E-state index in [9.17, 15) is 0 Å². The summed E-state index contributed by atoms with van der Waals surface area (Å²) in [7, 11) is 0. The van der Waals surface area contributed by atoms with Crippen LogP contribution in [0.15, 0.2) is 0 Å². The fourth-order valence-electron chi connectivity index (χ4n) is 3.65. The Hall–Kier alpha value is -0.0800. The SMILES string of the molecule is CCCCC(N)C1CCOC2(CCCCC2)C1. The van der Waals surface area contributed by atoms with Gasteiger partial charge in [-0.3, -0.25) is 0 Å². The maximum absolute atomic E-state index is 6.37. The van der Waals surface area contributed by atoms with E-state index in [0.717, 1.165) is 6.61 Å². The predicted octanol–water partition coefficient (Wildman–Crippen LogP) is 3.63. The Morgan fingerprint density at radius 3 is 2.76 bits per heavy atom. The lowest BCUT2D eigenvalue weighted by atomic mass is 9.73. The van der Waals surface area contributed by atoms with E-state index >= 15 is 0 Å². The summed E-state index contributed by atoms with van der Waals surface area (Å²) >= 11 is 0. The second-order valence-electron chi connectivity index (χ2n) is 6.15. The Bertz CT molecular complexity index is 217. The van der Waals surface area contributed by atoms with E-state index in [1.807, 2.05) is 0 Å². The molecule has 0 aromatic rings. The van der Waals surface area contributed by atoms with Crippen molar-refractivity contribution in [3.63, 3.8) is 0 Å². The van der Waals surface area contributed by atoms with Crippen LogP contribution in [0.2, 0.25) is 0 Å². The van der Waals surface area contributed by atoms with Crippen LogP contribution in [-0.2, 0) is 4.74 Å². The second-order valence-corrected chi connectivity index (χ2v) is 6.15. The van der Waals surface area contributed by atoms with E-state index in [4.69, 9.17) is 10.5 Å². The molecule has 2 rings (SSSR count). The molecule has 0 aromatic carbocycles. The fourth-order valence-corrected chi connectivity index (χ4v) is 3.65. The number of hydrogen-bond donors (Lipinski definition) is 1. The molecule has 2 aliphatic rings. The van der Waals surface area contributed by atoms with Crippen molar-refractivity contribution in [3.8, 4) is 0 Å². The van der Waals surface area contributed by atoms with Gasteiger partial charge in [-0.1, -0.05) is 39.0 Å². The Balaban J connectivity index is 1.87. The number of rotatable bonds is 4. The molecule has 1 aliphatic heterocycles. The molecule has 17 heavy (non-hydrogen) atoms.